The third-order valence-electron chi connectivity index (χ3n) is 4.14. The van der Waals surface area contributed by atoms with Crippen molar-refractivity contribution in [2.24, 2.45) is 0 Å². The molecule has 0 radical (unpaired) electrons. The van der Waals surface area contributed by atoms with Gasteiger partial charge in [0, 0.05) is 31.5 Å². The van der Waals surface area contributed by atoms with Gasteiger partial charge in [-0.2, -0.15) is 0 Å². The molecule has 1 aromatic heterocycles. The lowest BCUT2D eigenvalue weighted by Crippen LogP contribution is -2.34. The zero-order chi connectivity index (χ0) is 15.1. The summed E-state index contributed by atoms with van der Waals surface area (Å²) in [5, 5.41) is 3.12. The number of anilines is 1. The van der Waals surface area contributed by atoms with E-state index in [2.05, 4.69) is 34.0 Å². The van der Waals surface area contributed by atoms with Gasteiger partial charge in [0.05, 0.1) is 5.56 Å². The van der Waals surface area contributed by atoms with E-state index in [4.69, 9.17) is 0 Å². The second-order valence-corrected chi connectivity index (χ2v) is 5.61. The van der Waals surface area contributed by atoms with E-state index in [-0.39, 0.29) is 5.91 Å². The molecular formula is C16H26N4O. The number of carbonyl (C=O) groups excluding carboxylic acids is 1. The number of hydrogen-bond acceptors (Lipinski definition) is 4. The van der Waals surface area contributed by atoms with Crippen LogP contribution in [0.1, 0.15) is 62.7 Å². The molecule has 1 aliphatic rings. The van der Waals surface area contributed by atoms with Crippen molar-refractivity contribution >= 4 is 11.9 Å². The predicted molar refractivity (Wildman–Crippen MR) is 84.5 cm³/mol. The Kier molecular flexibility index (Phi) is 5.96. The monoisotopic (exact) mass is 290 g/mol. The number of nitrogens with zero attached hydrogens (tertiary/aromatic N) is 3. The molecule has 21 heavy (non-hydrogen) atoms. The van der Waals surface area contributed by atoms with Gasteiger partial charge in [-0.15, -0.1) is 0 Å². The van der Waals surface area contributed by atoms with E-state index < -0.39 is 0 Å². The molecule has 0 aliphatic heterocycles. The van der Waals surface area contributed by atoms with Gasteiger partial charge in [0.2, 0.25) is 5.95 Å². The Morgan fingerprint density at radius 3 is 2.24 bits per heavy atom. The lowest BCUT2D eigenvalue weighted by atomic mass is 10.1. The summed E-state index contributed by atoms with van der Waals surface area (Å²) in [7, 11) is 0. The largest absolute Gasteiger partial charge is 0.349 e. The van der Waals surface area contributed by atoms with E-state index in [0.29, 0.717) is 17.6 Å². The Hall–Kier alpha value is -1.65. The Labute approximate surface area is 127 Å². The van der Waals surface area contributed by atoms with Crippen LogP contribution in [0.5, 0.6) is 0 Å². The van der Waals surface area contributed by atoms with E-state index >= 15 is 0 Å². The van der Waals surface area contributed by atoms with Crippen LogP contribution in [0.2, 0.25) is 0 Å². The normalized spacial score (nSPS) is 16.3. The molecule has 1 fully saturated rings. The van der Waals surface area contributed by atoms with Crippen LogP contribution >= 0.6 is 0 Å². The molecule has 1 heterocycles. The number of aromatic nitrogens is 2. The maximum atomic E-state index is 12.2. The van der Waals surface area contributed by atoms with Gasteiger partial charge in [0.1, 0.15) is 0 Å². The highest BCUT2D eigenvalue weighted by molar-refractivity contribution is 5.93. The van der Waals surface area contributed by atoms with Crippen molar-refractivity contribution in [3.05, 3.63) is 18.0 Å². The van der Waals surface area contributed by atoms with Crippen LogP contribution in [0.4, 0.5) is 5.95 Å². The first-order valence-corrected chi connectivity index (χ1v) is 8.12. The lowest BCUT2D eigenvalue weighted by molar-refractivity contribution is 0.0932. The average Bonchev–Trinajstić information content (AvgIpc) is 2.78. The van der Waals surface area contributed by atoms with Crippen LogP contribution < -0.4 is 10.2 Å². The minimum absolute atomic E-state index is 0.0482. The number of hydrogen-bond donors (Lipinski definition) is 1. The van der Waals surface area contributed by atoms with E-state index in [9.17, 15) is 4.79 Å². The van der Waals surface area contributed by atoms with Crippen LogP contribution in [-0.4, -0.2) is 35.0 Å². The Bertz CT molecular complexity index is 434. The first-order chi connectivity index (χ1) is 10.2. The predicted octanol–water partition coefficient (Wildman–Crippen LogP) is 2.78. The molecule has 0 atom stereocenters. The first-order valence-electron chi connectivity index (χ1n) is 8.12. The summed E-state index contributed by atoms with van der Waals surface area (Å²) < 4.78 is 0. The molecule has 5 heteroatoms. The SMILES string of the molecule is CCN(CC)c1ncc(C(=O)NC2CCCCCC2)cn1. The highest BCUT2D eigenvalue weighted by atomic mass is 16.1. The molecule has 1 N–H and O–H groups in total. The van der Waals surface area contributed by atoms with Crippen molar-refractivity contribution in [2.45, 2.75) is 58.4 Å². The second-order valence-electron chi connectivity index (χ2n) is 5.61. The molecule has 116 valence electrons. The van der Waals surface area contributed by atoms with E-state index in [1.807, 2.05) is 0 Å². The van der Waals surface area contributed by atoms with Crippen LogP contribution in [0, 0.1) is 0 Å². The van der Waals surface area contributed by atoms with Crippen molar-refractivity contribution in [1.82, 2.24) is 15.3 Å². The van der Waals surface area contributed by atoms with Gasteiger partial charge in [-0.25, -0.2) is 9.97 Å². The molecule has 0 unspecified atom stereocenters. The third-order valence-corrected chi connectivity index (χ3v) is 4.14. The molecule has 0 aromatic carbocycles. The summed E-state index contributed by atoms with van der Waals surface area (Å²) in [6.07, 6.45) is 10.4. The number of carbonyl (C=O) groups is 1. The molecular weight excluding hydrogens is 264 g/mol. The van der Waals surface area contributed by atoms with Crippen LogP contribution in [0.25, 0.3) is 0 Å². The average molecular weight is 290 g/mol. The molecule has 5 nitrogen and oxygen atoms in total. The van der Waals surface area contributed by atoms with Gasteiger partial charge in [0.25, 0.3) is 5.91 Å². The molecule has 1 aliphatic carbocycles. The summed E-state index contributed by atoms with van der Waals surface area (Å²) >= 11 is 0. The standard InChI is InChI=1S/C16H26N4O/c1-3-20(4-2)16-17-11-13(12-18-16)15(21)19-14-9-7-5-6-8-10-14/h11-12,14H,3-10H2,1-2H3,(H,19,21). The smallest absolute Gasteiger partial charge is 0.254 e. The van der Waals surface area contributed by atoms with Crippen molar-refractivity contribution < 1.29 is 4.79 Å². The van der Waals surface area contributed by atoms with Gasteiger partial charge in [-0.05, 0) is 26.7 Å². The molecule has 1 amide bonds. The summed E-state index contributed by atoms with van der Waals surface area (Å²) in [5.41, 5.74) is 0.551. The van der Waals surface area contributed by atoms with Crippen molar-refractivity contribution in [3.63, 3.8) is 0 Å². The molecule has 1 aromatic rings. The van der Waals surface area contributed by atoms with Crippen molar-refractivity contribution in [3.8, 4) is 0 Å². The third kappa shape index (κ3) is 4.41. The Morgan fingerprint density at radius 2 is 1.71 bits per heavy atom. The zero-order valence-electron chi connectivity index (χ0n) is 13.1. The van der Waals surface area contributed by atoms with Crippen LogP contribution in [-0.2, 0) is 0 Å². The zero-order valence-corrected chi connectivity index (χ0v) is 13.1. The summed E-state index contributed by atoms with van der Waals surface area (Å²) in [4.78, 5) is 22.9. The summed E-state index contributed by atoms with van der Waals surface area (Å²) in [6, 6.07) is 0.308. The van der Waals surface area contributed by atoms with Gasteiger partial charge >= 0.3 is 0 Å². The highest BCUT2D eigenvalue weighted by Crippen LogP contribution is 2.17. The van der Waals surface area contributed by atoms with E-state index in [0.717, 1.165) is 25.9 Å². The fourth-order valence-corrected chi connectivity index (χ4v) is 2.80. The molecule has 2 rings (SSSR count). The fourth-order valence-electron chi connectivity index (χ4n) is 2.80. The summed E-state index contributed by atoms with van der Waals surface area (Å²) in [6.45, 7) is 5.87. The van der Waals surface area contributed by atoms with Crippen molar-refractivity contribution in [2.75, 3.05) is 18.0 Å². The highest BCUT2D eigenvalue weighted by Gasteiger charge is 2.16. The Morgan fingerprint density at radius 1 is 1.14 bits per heavy atom. The van der Waals surface area contributed by atoms with E-state index in [1.165, 1.54) is 25.7 Å². The minimum atomic E-state index is -0.0482. The topological polar surface area (TPSA) is 58.1 Å². The van der Waals surface area contributed by atoms with Crippen LogP contribution in [0.15, 0.2) is 12.4 Å². The molecule has 0 spiro atoms. The van der Waals surface area contributed by atoms with Gasteiger partial charge in [0.15, 0.2) is 0 Å². The number of nitrogens with one attached hydrogen (secondary N) is 1. The van der Waals surface area contributed by atoms with Gasteiger partial charge in [-0.3, -0.25) is 4.79 Å². The first kappa shape index (κ1) is 15.7. The van der Waals surface area contributed by atoms with E-state index in [1.54, 1.807) is 12.4 Å². The molecule has 0 bridgehead atoms. The van der Waals surface area contributed by atoms with Gasteiger partial charge in [-0.1, -0.05) is 25.7 Å². The Balaban J connectivity index is 1.95. The maximum absolute atomic E-state index is 12.2. The minimum Gasteiger partial charge on any atom is -0.349 e. The second kappa shape index (κ2) is 7.96. The van der Waals surface area contributed by atoms with Gasteiger partial charge < -0.3 is 10.2 Å². The lowest BCUT2D eigenvalue weighted by Gasteiger charge is -2.19. The maximum Gasteiger partial charge on any atom is 0.254 e. The number of rotatable bonds is 5. The summed E-state index contributed by atoms with van der Waals surface area (Å²) in [5.74, 6) is 0.638. The molecule has 1 saturated carbocycles. The quantitative estimate of drug-likeness (QED) is 0.847. The van der Waals surface area contributed by atoms with Crippen molar-refractivity contribution in [1.29, 1.82) is 0 Å². The molecule has 0 saturated heterocycles. The van der Waals surface area contributed by atoms with Crippen LogP contribution in [0.3, 0.4) is 0 Å². The number of amides is 1. The fraction of sp³-hybridized carbons (Fsp3) is 0.688.